The van der Waals surface area contributed by atoms with Crippen molar-refractivity contribution in [3.63, 3.8) is 0 Å². The second kappa shape index (κ2) is 6.25. The lowest BCUT2D eigenvalue weighted by molar-refractivity contribution is 0.0366. The van der Waals surface area contributed by atoms with Gasteiger partial charge in [-0.25, -0.2) is 9.50 Å². The molecule has 1 atom stereocenters. The van der Waals surface area contributed by atoms with Crippen LogP contribution in [0.15, 0.2) is 30.5 Å². The van der Waals surface area contributed by atoms with E-state index in [1.54, 1.807) is 11.3 Å². The molecule has 25 heavy (non-hydrogen) atoms. The van der Waals surface area contributed by atoms with E-state index in [4.69, 9.17) is 11.6 Å². The summed E-state index contributed by atoms with van der Waals surface area (Å²) in [6, 6.07) is 7.63. The number of hydrogen-bond donors (Lipinski definition) is 1. The highest BCUT2D eigenvalue weighted by molar-refractivity contribution is 7.20. The Morgan fingerprint density at radius 1 is 1.32 bits per heavy atom. The molecule has 1 unspecified atom stereocenters. The Kier molecular flexibility index (Phi) is 4.19. The minimum Gasteiger partial charge on any atom is -0.387 e. The summed E-state index contributed by atoms with van der Waals surface area (Å²) in [5.74, 6) is 0. The lowest BCUT2D eigenvalue weighted by Crippen LogP contribution is -2.42. The van der Waals surface area contributed by atoms with Crippen LogP contribution < -0.4 is 4.90 Å². The van der Waals surface area contributed by atoms with E-state index < -0.39 is 5.60 Å². The highest BCUT2D eigenvalue weighted by atomic mass is 35.5. The van der Waals surface area contributed by atoms with Crippen molar-refractivity contribution in [3.8, 4) is 11.3 Å². The van der Waals surface area contributed by atoms with Crippen molar-refractivity contribution >= 4 is 33.0 Å². The number of β-amino-alcohol motifs (C(OH)–C–C–N with tert-alkyl or cyclic N) is 1. The van der Waals surface area contributed by atoms with E-state index in [0.29, 0.717) is 18.1 Å². The van der Waals surface area contributed by atoms with Gasteiger partial charge in [-0.1, -0.05) is 35.1 Å². The molecule has 6 nitrogen and oxygen atoms in total. The van der Waals surface area contributed by atoms with Crippen LogP contribution in [0.4, 0.5) is 5.13 Å². The van der Waals surface area contributed by atoms with Crippen molar-refractivity contribution in [2.45, 2.75) is 12.0 Å². The first-order chi connectivity index (χ1) is 11.9. The van der Waals surface area contributed by atoms with Gasteiger partial charge in [0.25, 0.3) is 0 Å². The number of benzene rings is 1. The number of aliphatic hydroxyl groups is 1. The molecule has 4 rings (SSSR count). The van der Waals surface area contributed by atoms with Crippen LogP contribution in [-0.4, -0.2) is 63.9 Å². The summed E-state index contributed by atoms with van der Waals surface area (Å²) in [5.41, 5.74) is 1.23. The Labute approximate surface area is 155 Å². The Bertz CT molecular complexity index is 859. The molecule has 3 aromatic rings. The first kappa shape index (κ1) is 16.8. The molecule has 8 heteroatoms. The molecule has 0 amide bonds. The number of nitrogens with zero attached hydrogens (tertiary/aromatic N) is 5. The Morgan fingerprint density at radius 2 is 2.08 bits per heavy atom. The Hall–Kier alpha value is -1.67. The van der Waals surface area contributed by atoms with Gasteiger partial charge in [-0.2, -0.15) is 0 Å². The molecule has 3 heterocycles. The van der Waals surface area contributed by atoms with E-state index in [1.165, 1.54) is 0 Å². The summed E-state index contributed by atoms with van der Waals surface area (Å²) in [7, 11) is 3.97. The summed E-state index contributed by atoms with van der Waals surface area (Å²) >= 11 is 7.49. The Balaban J connectivity index is 1.55. The first-order valence-electron chi connectivity index (χ1n) is 8.16. The molecule has 1 aliphatic heterocycles. The first-order valence-corrected chi connectivity index (χ1v) is 9.36. The van der Waals surface area contributed by atoms with Crippen LogP contribution in [0.3, 0.4) is 0 Å². The third kappa shape index (κ3) is 3.37. The number of likely N-dealkylation sites (N-methyl/N-ethyl adjacent to an activating group) is 1. The van der Waals surface area contributed by atoms with Crippen molar-refractivity contribution in [1.82, 2.24) is 19.5 Å². The van der Waals surface area contributed by atoms with Crippen molar-refractivity contribution in [2.24, 2.45) is 0 Å². The second-order valence-electron chi connectivity index (χ2n) is 6.88. The smallest absolute Gasteiger partial charge is 0.214 e. The maximum absolute atomic E-state index is 10.7. The fourth-order valence-corrected chi connectivity index (χ4v) is 4.35. The third-order valence-electron chi connectivity index (χ3n) is 4.39. The number of rotatable bonds is 4. The highest BCUT2D eigenvalue weighted by Crippen LogP contribution is 2.32. The molecule has 2 aromatic heterocycles. The molecule has 1 aromatic carbocycles. The van der Waals surface area contributed by atoms with E-state index >= 15 is 0 Å². The number of aromatic nitrogens is 3. The summed E-state index contributed by atoms with van der Waals surface area (Å²) < 4.78 is 1.81. The average molecular weight is 378 g/mol. The zero-order valence-corrected chi connectivity index (χ0v) is 15.8. The van der Waals surface area contributed by atoms with Gasteiger partial charge in [0, 0.05) is 23.7 Å². The summed E-state index contributed by atoms with van der Waals surface area (Å²) in [6.07, 6.45) is 2.68. The van der Waals surface area contributed by atoms with Gasteiger partial charge >= 0.3 is 0 Å². The molecule has 0 saturated carbocycles. The van der Waals surface area contributed by atoms with Crippen molar-refractivity contribution < 1.29 is 5.11 Å². The van der Waals surface area contributed by atoms with Gasteiger partial charge in [-0.3, -0.25) is 0 Å². The van der Waals surface area contributed by atoms with Gasteiger partial charge in [0.15, 0.2) is 0 Å². The zero-order valence-electron chi connectivity index (χ0n) is 14.2. The summed E-state index contributed by atoms with van der Waals surface area (Å²) in [4.78, 5) is 9.69. The fraction of sp³-hybridized carbons (Fsp3) is 0.412. The highest BCUT2D eigenvalue weighted by Gasteiger charge is 2.37. The maximum Gasteiger partial charge on any atom is 0.214 e. The second-order valence-corrected chi connectivity index (χ2v) is 8.25. The number of halogens is 1. The maximum atomic E-state index is 10.7. The lowest BCUT2D eigenvalue weighted by Gasteiger charge is -2.26. The molecule has 0 radical (unpaired) electrons. The van der Waals surface area contributed by atoms with Crippen LogP contribution in [0.2, 0.25) is 5.02 Å². The molecule has 1 N–H and O–H groups in total. The molecular weight excluding hydrogens is 358 g/mol. The van der Waals surface area contributed by atoms with Gasteiger partial charge in [0.2, 0.25) is 10.1 Å². The minimum absolute atomic E-state index is 0.603. The standard InChI is InChI=1S/C17H20ClN5OS/c1-21(2)10-17(24)7-8-22(11-17)16-20-23-9-14(19-15(23)25-16)12-3-5-13(18)6-4-12/h3-6,9,24H,7-8,10-11H2,1-2H3. The van der Waals surface area contributed by atoms with Crippen molar-refractivity contribution in [3.05, 3.63) is 35.5 Å². The molecule has 0 aliphatic carbocycles. The van der Waals surface area contributed by atoms with Gasteiger partial charge in [-0.15, -0.1) is 5.10 Å². The lowest BCUT2D eigenvalue weighted by atomic mass is 10.0. The fourth-order valence-electron chi connectivity index (χ4n) is 3.31. The van der Waals surface area contributed by atoms with E-state index in [2.05, 4.69) is 15.0 Å². The van der Waals surface area contributed by atoms with Crippen LogP contribution in [0.5, 0.6) is 0 Å². The molecular formula is C17H20ClN5OS. The van der Waals surface area contributed by atoms with Gasteiger partial charge < -0.3 is 14.9 Å². The van der Waals surface area contributed by atoms with E-state index in [9.17, 15) is 5.11 Å². The largest absolute Gasteiger partial charge is 0.387 e. The molecule has 0 spiro atoms. The topological polar surface area (TPSA) is 56.9 Å². The van der Waals surface area contributed by atoms with Gasteiger partial charge in [0.05, 0.1) is 24.0 Å². The quantitative estimate of drug-likeness (QED) is 0.757. The Morgan fingerprint density at radius 3 is 2.76 bits per heavy atom. The molecule has 1 fully saturated rings. The SMILES string of the molecule is CN(C)CC1(O)CCN(c2nn3cc(-c4ccc(Cl)cc4)nc3s2)C1. The number of fused-ring (bicyclic) bond motifs is 1. The van der Waals surface area contributed by atoms with Gasteiger partial charge in [-0.05, 0) is 32.6 Å². The van der Waals surface area contributed by atoms with Crippen LogP contribution >= 0.6 is 22.9 Å². The normalized spacial score (nSPS) is 20.9. The van der Waals surface area contributed by atoms with Gasteiger partial charge in [0.1, 0.15) is 0 Å². The molecule has 1 aliphatic rings. The van der Waals surface area contributed by atoms with Crippen LogP contribution in [-0.2, 0) is 0 Å². The van der Waals surface area contributed by atoms with Crippen LogP contribution in [0.25, 0.3) is 16.2 Å². The van der Waals surface area contributed by atoms with E-state index in [1.807, 2.05) is 54.0 Å². The predicted molar refractivity (Wildman–Crippen MR) is 102 cm³/mol. The monoisotopic (exact) mass is 377 g/mol. The van der Waals surface area contributed by atoms with E-state index in [0.717, 1.165) is 34.3 Å². The van der Waals surface area contributed by atoms with Crippen molar-refractivity contribution in [2.75, 3.05) is 38.6 Å². The molecule has 132 valence electrons. The minimum atomic E-state index is -0.675. The molecule has 1 saturated heterocycles. The number of hydrogen-bond acceptors (Lipinski definition) is 6. The van der Waals surface area contributed by atoms with E-state index in [-0.39, 0.29) is 0 Å². The third-order valence-corrected chi connectivity index (χ3v) is 5.62. The summed E-state index contributed by atoms with van der Waals surface area (Å²) in [5, 5.41) is 17.0. The van der Waals surface area contributed by atoms with Crippen LogP contribution in [0.1, 0.15) is 6.42 Å². The zero-order chi connectivity index (χ0) is 17.6. The van der Waals surface area contributed by atoms with Crippen LogP contribution in [0, 0.1) is 0 Å². The molecule has 0 bridgehead atoms. The number of anilines is 1. The van der Waals surface area contributed by atoms with Crippen molar-refractivity contribution in [1.29, 1.82) is 0 Å². The predicted octanol–water partition coefficient (Wildman–Crippen LogP) is 2.61. The summed E-state index contributed by atoms with van der Waals surface area (Å²) in [6.45, 7) is 2.07. The number of imidazole rings is 1. The average Bonchev–Trinajstić information content (AvgIpc) is 3.19.